The third-order valence-electron chi connectivity index (χ3n) is 3.63. The number of primary amides is 1. The van der Waals surface area contributed by atoms with E-state index in [2.05, 4.69) is 4.99 Å². The van der Waals surface area contributed by atoms with Gasteiger partial charge in [0.2, 0.25) is 5.91 Å². The molecule has 23 heavy (non-hydrogen) atoms. The molecule has 1 aliphatic rings. The number of carbonyl (C=O) groups is 2. The zero-order chi connectivity index (χ0) is 16.4. The first-order chi connectivity index (χ1) is 11.0. The zero-order valence-corrected chi connectivity index (χ0v) is 13.5. The maximum atomic E-state index is 12.4. The van der Waals surface area contributed by atoms with Gasteiger partial charge in [0.15, 0.2) is 0 Å². The average Bonchev–Trinajstić information content (AvgIpc) is 2.91. The summed E-state index contributed by atoms with van der Waals surface area (Å²) < 4.78 is 0. The Morgan fingerprint density at radius 2 is 1.96 bits per heavy atom. The molecule has 2 amide bonds. The Balaban J connectivity index is 1.93. The third-order valence-corrected chi connectivity index (χ3v) is 4.88. The predicted molar refractivity (Wildman–Crippen MR) is 92.4 cm³/mol. The van der Waals surface area contributed by atoms with Crippen molar-refractivity contribution in [3.05, 3.63) is 70.8 Å². The van der Waals surface area contributed by atoms with Gasteiger partial charge in [0.05, 0.1) is 6.42 Å². The average molecular weight is 324 g/mol. The fourth-order valence-corrected chi connectivity index (χ4v) is 3.70. The lowest BCUT2D eigenvalue weighted by molar-refractivity contribution is -0.118. The number of benzene rings is 2. The fraction of sp³-hybridized carbons (Fsp3) is 0.167. The van der Waals surface area contributed by atoms with Crippen molar-refractivity contribution in [2.24, 2.45) is 10.7 Å². The lowest BCUT2D eigenvalue weighted by Crippen LogP contribution is -2.16. The summed E-state index contributed by atoms with van der Waals surface area (Å²) in [6.45, 7) is 1.96. The topological polar surface area (TPSA) is 72.5 Å². The van der Waals surface area contributed by atoms with Crippen LogP contribution in [0.5, 0.6) is 0 Å². The highest BCUT2D eigenvalue weighted by molar-refractivity contribution is 8.15. The molecule has 0 spiro atoms. The molecule has 1 atom stereocenters. The first-order valence-electron chi connectivity index (χ1n) is 7.27. The number of aryl methyl sites for hydroxylation is 1. The van der Waals surface area contributed by atoms with Crippen LogP contribution in [0.25, 0.3) is 0 Å². The second kappa shape index (κ2) is 6.38. The second-order valence-corrected chi connectivity index (χ2v) is 6.56. The van der Waals surface area contributed by atoms with E-state index in [9.17, 15) is 9.59 Å². The number of aliphatic imine (C=N–C) groups is 1. The largest absolute Gasteiger partial charge is 0.369 e. The van der Waals surface area contributed by atoms with E-state index in [-0.39, 0.29) is 12.3 Å². The van der Waals surface area contributed by atoms with Crippen LogP contribution in [0.1, 0.15) is 27.5 Å². The van der Waals surface area contributed by atoms with Crippen LogP contribution in [0, 0.1) is 6.92 Å². The summed E-state index contributed by atoms with van der Waals surface area (Å²) in [6, 6.07) is 15.4. The van der Waals surface area contributed by atoms with Gasteiger partial charge in [0, 0.05) is 5.56 Å². The molecule has 1 aliphatic heterocycles. The number of carbonyl (C=O) groups excluding carboxylic acids is 2. The molecule has 0 aromatic heterocycles. The Labute approximate surface area is 138 Å². The van der Waals surface area contributed by atoms with Gasteiger partial charge < -0.3 is 5.73 Å². The van der Waals surface area contributed by atoms with E-state index in [1.54, 1.807) is 0 Å². The Hall–Kier alpha value is -2.40. The van der Waals surface area contributed by atoms with Gasteiger partial charge >= 0.3 is 0 Å². The van der Waals surface area contributed by atoms with Gasteiger partial charge in [-0.25, -0.2) is 4.99 Å². The lowest BCUT2D eigenvalue weighted by atomic mass is 9.98. The van der Waals surface area contributed by atoms with Crippen LogP contribution in [0.3, 0.4) is 0 Å². The van der Waals surface area contributed by atoms with Crippen LogP contribution < -0.4 is 5.73 Å². The molecule has 0 saturated carbocycles. The highest BCUT2D eigenvalue weighted by Crippen LogP contribution is 2.40. The summed E-state index contributed by atoms with van der Waals surface area (Å²) >= 11 is 1.42. The van der Waals surface area contributed by atoms with Crippen molar-refractivity contribution in [3.8, 4) is 0 Å². The van der Waals surface area contributed by atoms with Crippen LogP contribution >= 0.6 is 11.8 Å². The van der Waals surface area contributed by atoms with Crippen LogP contribution in [-0.2, 0) is 16.0 Å². The monoisotopic (exact) mass is 324 g/mol. The molecular weight excluding hydrogens is 308 g/mol. The van der Waals surface area contributed by atoms with Crippen molar-refractivity contribution >= 4 is 28.6 Å². The highest BCUT2D eigenvalue weighted by Gasteiger charge is 2.32. The number of thioether (sulfide) groups is 1. The second-order valence-electron chi connectivity index (χ2n) is 5.46. The van der Waals surface area contributed by atoms with Gasteiger partial charge in [-0.1, -0.05) is 65.9 Å². The van der Waals surface area contributed by atoms with Gasteiger partial charge in [0.25, 0.3) is 5.91 Å². The summed E-state index contributed by atoms with van der Waals surface area (Å²) in [5.74, 6) is -0.597. The molecule has 2 aromatic carbocycles. The van der Waals surface area contributed by atoms with Gasteiger partial charge in [-0.2, -0.15) is 0 Å². The van der Waals surface area contributed by atoms with Crippen molar-refractivity contribution in [1.82, 2.24) is 0 Å². The van der Waals surface area contributed by atoms with Crippen molar-refractivity contribution in [3.63, 3.8) is 0 Å². The Kier molecular flexibility index (Phi) is 4.30. The molecule has 0 saturated heterocycles. The smallest absolute Gasteiger partial charge is 0.264 e. The minimum absolute atomic E-state index is 0.126. The molecule has 0 radical (unpaired) electrons. The van der Waals surface area contributed by atoms with Crippen LogP contribution in [-0.4, -0.2) is 16.9 Å². The summed E-state index contributed by atoms with van der Waals surface area (Å²) in [5.41, 5.74) is 8.91. The molecule has 0 bridgehead atoms. The number of hydrogen-bond acceptors (Lipinski definition) is 3. The number of nitrogens with two attached hydrogens (primary N) is 1. The third kappa shape index (κ3) is 3.35. The van der Waals surface area contributed by atoms with Gasteiger partial charge in [-0.15, -0.1) is 0 Å². The Morgan fingerprint density at radius 1 is 1.22 bits per heavy atom. The zero-order valence-electron chi connectivity index (χ0n) is 12.7. The molecule has 5 heteroatoms. The van der Waals surface area contributed by atoms with Gasteiger partial charge in [0.1, 0.15) is 10.3 Å². The Bertz CT molecular complexity index is 800. The molecule has 2 aromatic rings. The van der Waals surface area contributed by atoms with E-state index in [1.165, 1.54) is 11.8 Å². The SMILES string of the molecule is Cc1ccc(CC(N)=O)c(C2SC(c3ccccc3)=NC2=O)c1. The molecule has 0 aliphatic carbocycles. The summed E-state index contributed by atoms with van der Waals surface area (Å²) in [4.78, 5) is 27.9. The lowest BCUT2D eigenvalue weighted by Gasteiger charge is -2.13. The van der Waals surface area contributed by atoms with E-state index in [0.717, 1.165) is 22.3 Å². The maximum absolute atomic E-state index is 12.4. The normalized spacial score (nSPS) is 17.2. The molecular formula is C18H16N2O2S. The number of amides is 2. The first-order valence-corrected chi connectivity index (χ1v) is 8.15. The van der Waals surface area contributed by atoms with E-state index < -0.39 is 11.2 Å². The Morgan fingerprint density at radius 3 is 2.65 bits per heavy atom. The van der Waals surface area contributed by atoms with E-state index >= 15 is 0 Å². The van der Waals surface area contributed by atoms with Crippen molar-refractivity contribution < 1.29 is 9.59 Å². The number of hydrogen-bond donors (Lipinski definition) is 1. The molecule has 116 valence electrons. The molecule has 1 heterocycles. The van der Waals surface area contributed by atoms with Gasteiger partial charge in [-0.3, -0.25) is 9.59 Å². The molecule has 1 unspecified atom stereocenters. The van der Waals surface area contributed by atoms with Crippen LogP contribution in [0.15, 0.2) is 53.5 Å². The van der Waals surface area contributed by atoms with Gasteiger partial charge in [-0.05, 0) is 18.1 Å². The highest BCUT2D eigenvalue weighted by atomic mass is 32.2. The van der Waals surface area contributed by atoms with Crippen molar-refractivity contribution in [2.75, 3.05) is 0 Å². The number of nitrogens with zero attached hydrogens (tertiary/aromatic N) is 1. The summed E-state index contributed by atoms with van der Waals surface area (Å²) in [5, 5.41) is 0.298. The molecule has 4 nitrogen and oxygen atoms in total. The van der Waals surface area contributed by atoms with Crippen LogP contribution in [0.4, 0.5) is 0 Å². The number of rotatable bonds is 4. The maximum Gasteiger partial charge on any atom is 0.264 e. The quantitative estimate of drug-likeness (QED) is 0.940. The van der Waals surface area contributed by atoms with Crippen molar-refractivity contribution in [2.45, 2.75) is 18.6 Å². The summed E-state index contributed by atoms with van der Waals surface area (Å²) in [7, 11) is 0. The minimum Gasteiger partial charge on any atom is -0.369 e. The van der Waals surface area contributed by atoms with E-state index in [1.807, 2.05) is 55.5 Å². The minimum atomic E-state index is -0.417. The predicted octanol–water partition coefficient (Wildman–Crippen LogP) is 2.78. The molecule has 3 rings (SSSR count). The van der Waals surface area contributed by atoms with E-state index in [4.69, 9.17) is 5.73 Å². The summed E-state index contributed by atoms with van der Waals surface area (Å²) in [6.07, 6.45) is 0.126. The van der Waals surface area contributed by atoms with Crippen LogP contribution in [0.2, 0.25) is 0 Å². The fourth-order valence-electron chi connectivity index (χ4n) is 2.56. The first kappa shape index (κ1) is 15.5. The standard InChI is InChI=1S/C18H16N2O2S/c1-11-7-8-13(10-15(19)21)14(9-11)16-17(22)20-18(23-16)12-5-3-2-4-6-12/h2-9,16H,10H2,1H3,(H2,19,21). The van der Waals surface area contributed by atoms with E-state index in [0.29, 0.717) is 5.04 Å². The molecule has 0 fully saturated rings. The van der Waals surface area contributed by atoms with Crippen molar-refractivity contribution in [1.29, 1.82) is 0 Å². The molecule has 2 N–H and O–H groups in total.